The molecule has 0 fully saturated rings. The van der Waals surface area contributed by atoms with Gasteiger partial charge in [-0.15, -0.1) is 0 Å². The molecule has 0 saturated heterocycles. The third kappa shape index (κ3) is 4.64. The normalized spacial score (nSPS) is 11.9. The van der Waals surface area contributed by atoms with Crippen molar-refractivity contribution in [2.24, 2.45) is 0 Å². The number of ether oxygens (including phenoxy) is 1. The van der Waals surface area contributed by atoms with Crippen molar-refractivity contribution < 1.29 is 4.74 Å². The number of rotatable bonds is 6. The predicted octanol–water partition coefficient (Wildman–Crippen LogP) is 2.78. The standard InChI is InChI=1S/C13H17ClN2O/c1-3-17-13-5-4-11(8-12(13)14)6-7-16-10(2)9-15/h4-5,8,10,16H,3,6-7H2,1-2H3. The number of nitriles is 1. The minimum absolute atomic E-state index is 0.117. The Labute approximate surface area is 107 Å². The van der Waals surface area contributed by atoms with Gasteiger partial charge in [-0.25, -0.2) is 0 Å². The molecular formula is C13H17ClN2O. The van der Waals surface area contributed by atoms with E-state index in [0.29, 0.717) is 11.6 Å². The molecule has 0 aliphatic carbocycles. The van der Waals surface area contributed by atoms with E-state index in [9.17, 15) is 0 Å². The molecule has 1 N–H and O–H groups in total. The molecule has 1 rings (SSSR count). The SMILES string of the molecule is CCOc1ccc(CCNC(C)C#N)cc1Cl. The van der Waals surface area contributed by atoms with Gasteiger partial charge in [0.2, 0.25) is 0 Å². The van der Waals surface area contributed by atoms with Crippen LogP contribution < -0.4 is 10.1 Å². The van der Waals surface area contributed by atoms with Crippen LogP contribution in [0.4, 0.5) is 0 Å². The monoisotopic (exact) mass is 252 g/mol. The average molecular weight is 253 g/mol. The van der Waals surface area contributed by atoms with Crippen molar-refractivity contribution in [3.05, 3.63) is 28.8 Å². The van der Waals surface area contributed by atoms with Crippen molar-refractivity contribution in [3.63, 3.8) is 0 Å². The van der Waals surface area contributed by atoms with Crippen LogP contribution in [0.3, 0.4) is 0 Å². The van der Waals surface area contributed by atoms with E-state index in [4.69, 9.17) is 21.6 Å². The number of nitrogens with zero attached hydrogens (tertiary/aromatic N) is 1. The lowest BCUT2D eigenvalue weighted by Crippen LogP contribution is -2.26. The summed E-state index contributed by atoms with van der Waals surface area (Å²) in [7, 11) is 0. The smallest absolute Gasteiger partial charge is 0.137 e. The Morgan fingerprint density at radius 3 is 2.88 bits per heavy atom. The van der Waals surface area contributed by atoms with Gasteiger partial charge in [0.15, 0.2) is 0 Å². The van der Waals surface area contributed by atoms with E-state index in [1.165, 1.54) is 0 Å². The predicted molar refractivity (Wildman–Crippen MR) is 69.4 cm³/mol. The van der Waals surface area contributed by atoms with Gasteiger partial charge in [0.1, 0.15) is 5.75 Å². The summed E-state index contributed by atoms with van der Waals surface area (Å²) >= 11 is 6.08. The molecule has 0 radical (unpaired) electrons. The van der Waals surface area contributed by atoms with Crippen LogP contribution in [-0.2, 0) is 6.42 Å². The molecule has 0 spiro atoms. The van der Waals surface area contributed by atoms with Crippen LogP contribution in [0.1, 0.15) is 19.4 Å². The third-order valence-corrected chi connectivity index (χ3v) is 2.65. The van der Waals surface area contributed by atoms with E-state index in [2.05, 4.69) is 11.4 Å². The summed E-state index contributed by atoms with van der Waals surface area (Å²) in [4.78, 5) is 0. The zero-order valence-corrected chi connectivity index (χ0v) is 10.9. The maximum absolute atomic E-state index is 8.62. The van der Waals surface area contributed by atoms with Gasteiger partial charge in [-0.3, -0.25) is 0 Å². The van der Waals surface area contributed by atoms with Crippen molar-refractivity contribution in [2.45, 2.75) is 26.3 Å². The lowest BCUT2D eigenvalue weighted by Gasteiger charge is -2.09. The maximum atomic E-state index is 8.62. The second kappa shape index (κ2) is 7.16. The zero-order valence-electron chi connectivity index (χ0n) is 10.2. The fourth-order valence-corrected chi connectivity index (χ4v) is 1.71. The number of hydrogen-bond donors (Lipinski definition) is 1. The van der Waals surface area contributed by atoms with E-state index >= 15 is 0 Å². The van der Waals surface area contributed by atoms with Crippen LogP contribution >= 0.6 is 11.6 Å². The van der Waals surface area contributed by atoms with Gasteiger partial charge < -0.3 is 10.1 Å². The third-order valence-electron chi connectivity index (χ3n) is 2.35. The van der Waals surface area contributed by atoms with Crippen LogP contribution in [0, 0.1) is 11.3 Å². The average Bonchev–Trinajstić information content (AvgIpc) is 2.32. The van der Waals surface area contributed by atoms with Gasteiger partial charge in [-0.05, 0) is 38.0 Å². The molecule has 0 saturated carbocycles. The van der Waals surface area contributed by atoms with Crippen LogP contribution in [-0.4, -0.2) is 19.2 Å². The molecule has 0 aliphatic heterocycles. The number of hydrogen-bond acceptors (Lipinski definition) is 3. The lowest BCUT2D eigenvalue weighted by molar-refractivity contribution is 0.340. The number of halogens is 1. The van der Waals surface area contributed by atoms with Crippen molar-refractivity contribution in [2.75, 3.05) is 13.2 Å². The van der Waals surface area contributed by atoms with E-state index in [1.54, 1.807) is 0 Å². The molecule has 0 amide bonds. The topological polar surface area (TPSA) is 45.0 Å². The Bertz CT molecular complexity index is 401. The highest BCUT2D eigenvalue weighted by atomic mass is 35.5. The van der Waals surface area contributed by atoms with Crippen molar-refractivity contribution >= 4 is 11.6 Å². The highest BCUT2D eigenvalue weighted by Gasteiger charge is 2.03. The van der Waals surface area contributed by atoms with Crippen molar-refractivity contribution in [1.29, 1.82) is 5.26 Å². The Balaban J connectivity index is 2.50. The van der Waals surface area contributed by atoms with Gasteiger partial charge >= 0.3 is 0 Å². The maximum Gasteiger partial charge on any atom is 0.137 e. The molecule has 1 aromatic carbocycles. The summed E-state index contributed by atoms with van der Waals surface area (Å²) in [6, 6.07) is 7.80. The van der Waals surface area contributed by atoms with Gasteiger partial charge in [-0.2, -0.15) is 5.26 Å². The highest BCUT2D eigenvalue weighted by molar-refractivity contribution is 6.32. The van der Waals surface area contributed by atoms with Gasteiger partial charge in [-0.1, -0.05) is 17.7 Å². The molecule has 1 atom stereocenters. The molecule has 0 heterocycles. The molecule has 4 heteroatoms. The highest BCUT2D eigenvalue weighted by Crippen LogP contribution is 2.25. The Kier molecular flexibility index (Phi) is 5.82. The number of benzene rings is 1. The quantitative estimate of drug-likeness (QED) is 0.847. The van der Waals surface area contributed by atoms with Crippen LogP contribution in [0.2, 0.25) is 5.02 Å². The van der Waals surface area contributed by atoms with E-state index in [0.717, 1.165) is 24.3 Å². The summed E-state index contributed by atoms with van der Waals surface area (Å²) < 4.78 is 5.36. The Morgan fingerprint density at radius 1 is 1.53 bits per heavy atom. The lowest BCUT2D eigenvalue weighted by atomic mass is 10.1. The van der Waals surface area contributed by atoms with Crippen molar-refractivity contribution in [3.8, 4) is 11.8 Å². The van der Waals surface area contributed by atoms with Crippen LogP contribution in [0.15, 0.2) is 18.2 Å². The minimum Gasteiger partial charge on any atom is -0.492 e. The summed E-state index contributed by atoms with van der Waals surface area (Å²) in [5.74, 6) is 0.719. The first kappa shape index (κ1) is 13.8. The second-order valence-electron chi connectivity index (χ2n) is 3.75. The molecule has 1 unspecified atom stereocenters. The van der Waals surface area contributed by atoms with Gasteiger partial charge in [0, 0.05) is 6.54 Å². The first-order chi connectivity index (χ1) is 8.17. The Morgan fingerprint density at radius 2 is 2.29 bits per heavy atom. The molecule has 0 aromatic heterocycles. The molecule has 17 heavy (non-hydrogen) atoms. The van der Waals surface area contributed by atoms with Crippen LogP contribution in [0.5, 0.6) is 5.75 Å². The zero-order chi connectivity index (χ0) is 12.7. The molecule has 1 aromatic rings. The summed E-state index contributed by atoms with van der Waals surface area (Å²) in [5.41, 5.74) is 1.14. The van der Waals surface area contributed by atoms with Gasteiger partial charge in [0.05, 0.1) is 23.7 Å². The number of nitrogens with one attached hydrogen (secondary N) is 1. The largest absolute Gasteiger partial charge is 0.492 e. The fourth-order valence-electron chi connectivity index (χ4n) is 1.45. The molecule has 92 valence electrons. The first-order valence-corrected chi connectivity index (χ1v) is 6.09. The molecule has 0 aliphatic rings. The second-order valence-corrected chi connectivity index (χ2v) is 4.16. The molecule has 0 bridgehead atoms. The van der Waals surface area contributed by atoms with E-state index < -0.39 is 0 Å². The fraction of sp³-hybridized carbons (Fsp3) is 0.462. The Hall–Kier alpha value is -1.24. The minimum atomic E-state index is -0.117. The van der Waals surface area contributed by atoms with Crippen molar-refractivity contribution in [1.82, 2.24) is 5.32 Å². The van der Waals surface area contributed by atoms with E-state index in [-0.39, 0.29) is 6.04 Å². The summed E-state index contributed by atoms with van der Waals surface area (Å²) in [6.45, 7) is 5.14. The molecule has 3 nitrogen and oxygen atoms in total. The summed E-state index contributed by atoms with van der Waals surface area (Å²) in [6.07, 6.45) is 0.845. The van der Waals surface area contributed by atoms with E-state index in [1.807, 2.05) is 32.0 Å². The molecular weight excluding hydrogens is 236 g/mol. The summed E-state index contributed by atoms with van der Waals surface area (Å²) in [5, 5.41) is 12.4. The van der Waals surface area contributed by atoms with Gasteiger partial charge in [0.25, 0.3) is 0 Å². The first-order valence-electron chi connectivity index (χ1n) is 5.71. The van der Waals surface area contributed by atoms with Crippen LogP contribution in [0.25, 0.3) is 0 Å².